The van der Waals surface area contributed by atoms with Gasteiger partial charge in [-0.2, -0.15) is 4.31 Å². The normalized spacial score (nSPS) is 17.7. The van der Waals surface area contributed by atoms with Gasteiger partial charge in [-0.25, -0.2) is 13.4 Å². The van der Waals surface area contributed by atoms with E-state index in [9.17, 15) is 13.2 Å². The third kappa shape index (κ3) is 3.80. The Labute approximate surface area is 174 Å². The minimum atomic E-state index is -3.72. The number of thiazole rings is 1. The lowest BCUT2D eigenvalue weighted by atomic mass is 10.1. The van der Waals surface area contributed by atoms with Crippen LogP contribution in [0.15, 0.2) is 41.3 Å². The lowest BCUT2D eigenvalue weighted by Crippen LogP contribution is -2.43. The number of nitrogens with one attached hydrogen (secondary N) is 1. The number of amides is 1. The van der Waals surface area contributed by atoms with Crippen LogP contribution in [0.2, 0.25) is 0 Å². The molecule has 0 radical (unpaired) electrons. The lowest BCUT2D eigenvalue weighted by Gasteiger charge is -2.23. The van der Waals surface area contributed by atoms with Gasteiger partial charge in [-0.15, -0.1) is 0 Å². The number of aromatic nitrogens is 1. The monoisotopic (exact) mass is 429 g/mol. The van der Waals surface area contributed by atoms with Gasteiger partial charge in [0.2, 0.25) is 15.9 Å². The first-order chi connectivity index (χ1) is 13.8. The van der Waals surface area contributed by atoms with Gasteiger partial charge in [-0.3, -0.25) is 4.79 Å². The molecule has 1 aromatic heterocycles. The minimum absolute atomic E-state index is 0.217. The second kappa shape index (κ2) is 7.51. The van der Waals surface area contributed by atoms with Gasteiger partial charge in [0.1, 0.15) is 6.04 Å². The van der Waals surface area contributed by atoms with Crippen molar-refractivity contribution in [2.24, 2.45) is 0 Å². The van der Waals surface area contributed by atoms with Crippen molar-refractivity contribution in [3.05, 3.63) is 53.1 Å². The molecule has 152 valence electrons. The van der Waals surface area contributed by atoms with Gasteiger partial charge in [0.05, 0.1) is 15.1 Å². The number of sulfonamides is 1. The molecule has 1 saturated heterocycles. The first kappa shape index (κ1) is 20.0. The smallest absolute Gasteiger partial charge is 0.244 e. The van der Waals surface area contributed by atoms with Crippen molar-refractivity contribution < 1.29 is 13.2 Å². The molecular formula is C21H23N3O3S2. The van der Waals surface area contributed by atoms with Crippen molar-refractivity contribution in [3.63, 3.8) is 0 Å². The Morgan fingerprint density at radius 1 is 1.14 bits per heavy atom. The number of nitrogens with zero attached hydrogens (tertiary/aromatic N) is 2. The van der Waals surface area contributed by atoms with Crippen molar-refractivity contribution >= 4 is 42.6 Å². The average molecular weight is 430 g/mol. The number of fused-ring (bicyclic) bond motifs is 1. The number of aryl methyl sites for hydroxylation is 3. The number of hydrogen-bond donors (Lipinski definition) is 1. The lowest BCUT2D eigenvalue weighted by molar-refractivity contribution is -0.119. The van der Waals surface area contributed by atoms with E-state index in [1.54, 1.807) is 24.3 Å². The zero-order chi connectivity index (χ0) is 20.8. The third-order valence-corrected chi connectivity index (χ3v) is 8.03. The molecule has 0 spiro atoms. The molecule has 1 fully saturated rings. The summed E-state index contributed by atoms with van der Waals surface area (Å²) in [7, 11) is -3.72. The predicted octanol–water partition coefficient (Wildman–Crippen LogP) is 4.01. The van der Waals surface area contributed by atoms with E-state index in [1.807, 2.05) is 26.8 Å². The Morgan fingerprint density at radius 3 is 2.59 bits per heavy atom. The highest BCUT2D eigenvalue weighted by Gasteiger charge is 2.39. The highest BCUT2D eigenvalue weighted by Crippen LogP contribution is 2.31. The van der Waals surface area contributed by atoms with Crippen molar-refractivity contribution in [2.45, 2.75) is 44.6 Å². The first-order valence-electron chi connectivity index (χ1n) is 9.53. The molecule has 2 aromatic carbocycles. The number of anilines is 1. The Bertz CT molecular complexity index is 1180. The van der Waals surface area contributed by atoms with Crippen LogP contribution >= 0.6 is 11.3 Å². The SMILES string of the molecule is Cc1ccc(S(=O)(=O)N2CCCC2C(=O)Nc2nc3c(C)cc(C)cc3s2)cc1. The van der Waals surface area contributed by atoms with E-state index in [-0.39, 0.29) is 10.8 Å². The molecule has 8 heteroatoms. The molecule has 2 heterocycles. The van der Waals surface area contributed by atoms with Gasteiger partial charge in [0.15, 0.2) is 5.13 Å². The highest BCUT2D eigenvalue weighted by atomic mass is 32.2. The summed E-state index contributed by atoms with van der Waals surface area (Å²) < 4.78 is 28.5. The maximum absolute atomic E-state index is 13.1. The third-order valence-electron chi connectivity index (χ3n) is 5.19. The fraction of sp³-hybridized carbons (Fsp3) is 0.333. The first-order valence-corrected chi connectivity index (χ1v) is 11.8. The van der Waals surface area contributed by atoms with E-state index in [1.165, 1.54) is 15.6 Å². The van der Waals surface area contributed by atoms with E-state index in [4.69, 9.17) is 0 Å². The van der Waals surface area contributed by atoms with Gasteiger partial charge in [-0.1, -0.05) is 35.1 Å². The Kier molecular flexibility index (Phi) is 5.18. The molecule has 29 heavy (non-hydrogen) atoms. The van der Waals surface area contributed by atoms with E-state index in [0.717, 1.165) is 26.9 Å². The Balaban J connectivity index is 1.58. The largest absolute Gasteiger partial charge is 0.301 e. The van der Waals surface area contributed by atoms with Crippen LogP contribution in [0.5, 0.6) is 0 Å². The number of carbonyl (C=O) groups is 1. The van der Waals surface area contributed by atoms with Crippen LogP contribution in [0.1, 0.15) is 29.5 Å². The molecule has 3 aromatic rings. The fourth-order valence-corrected chi connectivity index (χ4v) is 6.45. The predicted molar refractivity (Wildman–Crippen MR) is 116 cm³/mol. The summed E-state index contributed by atoms with van der Waals surface area (Å²) in [5.41, 5.74) is 4.05. The van der Waals surface area contributed by atoms with Gasteiger partial charge in [-0.05, 0) is 62.9 Å². The molecular weight excluding hydrogens is 406 g/mol. The maximum Gasteiger partial charge on any atom is 0.244 e. The summed E-state index contributed by atoms with van der Waals surface area (Å²) in [5.74, 6) is -0.327. The van der Waals surface area contributed by atoms with Crippen LogP contribution in [0.3, 0.4) is 0 Å². The van der Waals surface area contributed by atoms with Gasteiger partial charge < -0.3 is 5.32 Å². The molecule has 1 N–H and O–H groups in total. The highest BCUT2D eigenvalue weighted by molar-refractivity contribution is 7.89. The Hall–Kier alpha value is -2.29. The molecule has 1 amide bonds. The van der Waals surface area contributed by atoms with Crippen molar-refractivity contribution in [3.8, 4) is 0 Å². The Morgan fingerprint density at radius 2 is 1.86 bits per heavy atom. The van der Waals surface area contributed by atoms with E-state index < -0.39 is 16.1 Å². The molecule has 6 nitrogen and oxygen atoms in total. The van der Waals surface area contributed by atoms with Crippen LogP contribution in [0.4, 0.5) is 5.13 Å². The molecule has 0 aliphatic carbocycles. The number of benzene rings is 2. The maximum atomic E-state index is 13.1. The zero-order valence-electron chi connectivity index (χ0n) is 16.6. The molecule has 1 aliphatic rings. The minimum Gasteiger partial charge on any atom is -0.301 e. The topological polar surface area (TPSA) is 79.4 Å². The zero-order valence-corrected chi connectivity index (χ0v) is 18.2. The molecule has 4 rings (SSSR count). The second-order valence-electron chi connectivity index (χ2n) is 7.52. The van der Waals surface area contributed by atoms with Crippen molar-refractivity contribution in [2.75, 3.05) is 11.9 Å². The van der Waals surface area contributed by atoms with Gasteiger partial charge in [0, 0.05) is 6.54 Å². The van der Waals surface area contributed by atoms with Gasteiger partial charge in [0.25, 0.3) is 0 Å². The van der Waals surface area contributed by atoms with Gasteiger partial charge >= 0.3 is 0 Å². The molecule has 0 saturated carbocycles. The van der Waals surface area contributed by atoms with E-state index in [0.29, 0.717) is 24.5 Å². The molecule has 1 unspecified atom stereocenters. The van der Waals surface area contributed by atoms with Crippen LogP contribution in [-0.2, 0) is 14.8 Å². The summed E-state index contributed by atoms with van der Waals surface area (Å²) in [5, 5.41) is 3.34. The van der Waals surface area contributed by atoms with Crippen LogP contribution in [0, 0.1) is 20.8 Å². The number of rotatable bonds is 4. The summed E-state index contributed by atoms with van der Waals surface area (Å²) in [4.78, 5) is 17.7. The number of hydrogen-bond acceptors (Lipinski definition) is 5. The summed E-state index contributed by atoms with van der Waals surface area (Å²) in [6.07, 6.45) is 1.15. The number of carbonyl (C=O) groups excluding carboxylic acids is 1. The van der Waals surface area contributed by atoms with Crippen LogP contribution in [-0.4, -0.2) is 36.2 Å². The van der Waals surface area contributed by atoms with Crippen molar-refractivity contribution in [1.29, 1.82) is 0 Å². The van der Waals surface area contributed by atoms with E-state index >= 15 is 0 Å². The summed E-state index contributed by atoms with van der Waals surface area (Å²) in [6, 6.07) is 10.1. The molecule has 0 bridgehead atoms. The summed E-state index contributed by atoms with van der Waals surface area (Å²) >= 11 is 1.41. The second-order valence-corrected chi connectivity index (χ2v) is 10.4. The molecule has 1 aliphatic heterocycles. The van der Waals surface area contributed by atoms with Crippen LogP contribution < -0.4 is 5.32 Å². The molecule has 1 atom stereocenters. The van der Waals surface area contributed by atoms with E-state index in [2.05, 4.69) is 16.4 Å². The fourth-order valence-electron chi connectivity index (χ4n) is 3.75. The standard InChI is InChI=1S/C21H23N3O3S2/c1-13-6-8-16(9-7-13)29(26,27)24-10-4-5-17(24)20(25)23-21-22-19-15(3)11-14(2)12-18(19)28-21/h6-9,11-12,17H,4-5,10H2,1-3H3,(H,22,23,25). The van der Waals surface area contributed by atoms with Crippen LogP contribution in [0.25, 0.3) is 10.2 Å². The van der Waals surface area contributed by atoms with Crippen molar-refractivity contribution in [1.82, 2.24) is 9.29 Å². The summed E-state index contributed by atoms with van der Waals surface area (Å²) in [6.45, 7) is 6.26. The average Bonchev–Trinajstić information content (AvgIpc) is 3.29. The quantitative estimate of drug-likeness (QED) is 0.680.